The molecule has 0 unspecified atom stereocenters. The molecule has 1 heterocycles. The molecule has 0 N–H and O–H groups in total. The number of nitrogens with zero attached hydrogens (tertiary/aromatic N) is 3. The maximum Gasteiger partial charge on any atom is 0.345 e. The Morgan fingerprint density at radius 1 is 1.19 bits per heavy atom. The fourth-order valence-corrected chi connectivity index (χ4v) is 1.58. The summed E-state index contributed by atoms with van der Waals surface area (Å²) in [6.07, 6.45) is 2.56. The minimum Gasteiger partial charge on any atom is -0.285 e. The molecule has 0 aliphatic heterocycles. The summed E-state index contributed by atoms with van der Waals surface area (Å²) in [5.74, 6) is 0. The lowest BCUT2D eigenvalue weighted by atomic mass is 10.1. The van der Waals surface area contributed by atoms with Crippen LogP contribution < -0.4 is 5.69 Å². The van der Waals surface area contributed by atoms with Crippen molar-refractivity contribution < 1.29 is 0 Å². The predicted molar refractivity (Wildman–Crippen MR) is 62.4 cm³/mol. The van der Waals surface area contributed by atoms with Crippen molar-refractivity contribution in [3.8, 4) is 0 Å². The Morgan fingerprint density at radius 3 is 2.31 bits per heavy atom. The number of hydrogen-bond acceptors (Lipinski definition) is 2. The van der Waals surface area contributed by atoms with Gasteiger partial charge in [-0.25, -0.2) is 9.48 Å². The first-order chi connectivity index (χ1) is 7.70. The van der Waals surface area contributed by atoms with Gasteiger partial charge in [0.2, 0.25) is 0 Å². The lowest BCUT2D eigenvalue weighted by molar-refractivity contribution is 0.646. The molecule has 2 aromatic rings. The zero-order valence-corrected chi connectivity index (χ0v) is 9.55. The Bertz CT molecular complexity index is 522. The highest BCUT2D eigenvalue weighted by atomic mass is 16.2. The van der Waals surface area contributed by atoms with Crippen LogP contribution in [0.3, 0.4) is 0 Å². The van der Waals surface area contributed by atoms with Crippen LogP contribution in [0.5, 0.6) is 0 Å². The number of rotatable bonds is 3. The minimum absolute atomic E-state index is 0.0837. The van der Waals surface area contributed by atoms with E-state index >= 15 is 0 Å². The van der Waals surface area contributed by atoms with Gasteiger partial charge in [0.15, 0.2) is 0 Å². The van der Waals surface area contributed by atoms with Crippen molar-refractivity contribution in [3.63, 3.8) is 0 Å². The molecule has 84 valence electrons. The van der Waals surface area contributed by atoms with Crippen LogP contribution in [-0.2, 0) is 20.0 Å². The summed E-state index contributed by atoms with van der Waals surface area (Å²) in [7, 11) is 1.70. The number of aryl methyl sites for hydroxylation is 2. The van der Waals surface area contributed by atoms with Gasteiger partial charge in [0.05, 0.1) is 6.54 Å². The van der Waals surface area contributed by atoms with E-state index in [1.54, 1.807) is 7.05 Å². The highest BCUT2D eigenvalue weighted by Gasteiger charge is 2.02. The van der Waals surface area contributed by atoms with E-state index in [2.05, 4.69) is 24.2 Å². The van der Waals surface area contributed by atoms with E-state index in [0.29, 0.717) is 6.54 Å². The molecule has 0 radical (unpaired) electrons. The van der Waals surface area contributed by atoms with Crippen molar-refractivity contribution in [3.05, 3.63) is 52.2 Å². The first kappa shape index (κ1) is 10.7. The number of hydrogen-bond donors (Lipinski definition) is 0. The van der Waals surface area contributed by atoms with Gasteiger partial charge < -0.3 is 0 Å². The average molecular weight is 217 g/mol. The monoisotopic (exact) mass is 217 g/mol. The molecule has 0 bridgehead atoms. The SMILES string of the molecule is CCc1ccc(Cn2ncn(C)c2=O)cc1. The Hall–Kier alpha value is -1.84. The second-order valence-corrected chi connectivity index (χ2v) is 3.85. The van der Waals surface area contributed by atoms with Crippen LogP contribution in [-0.4, -0.2) is 14.3 Å². The van der Waals surface area contributed by atoms with E-state index in [4.69, 9.17) is 0 Å². The summed E-state index contributed by atoms with van der Waals surface area (Å²) in [6, 6.07) is 8.26. The van der Waals surface area contributed by atoms with Gasteiger partial charge in [-0.1, -0.05) is 31.2 Å². The van der Waals surface area contributed by atoms with E-state index in [9.17, 15) is 4.79 Å². The van der Waals surface area contributed by atoms with Gasteiger partial charge in [-0.15, -0.1) is 0 Å². The van der Waals surface area contributed by atoms with Gasteiger partial charge in [0.25, 0.3) is 0 Å². The summed E-state index contributed by atoms with van der Waals surface area (Å²) < 4.78 is 2.93. The Kier molecular flexibility index (Phi) is 2.90. The van der Waals surface area contributed by atoms with Crippen molar-refractivity contribution in [2.75, 3.05) is 0 Å². The highest BCUT2D eigenvalue weighted by molar-refractivity contribution is 5.22. The van der Waals surface area contributed by atoms with E-state index < -0.39 is 0 Å². The van der Waals surface area contributed by atoms with Gasteiger partial charge in [-0.05, 0) is 17.5 Å². The van der Waals surface area contributed by atoms with Crippen LogP contribution in [0.1, 0.15) is 18.1 Å². The molecule has 0 aliphatic carbocycles. The van der Waals surface area contributed by atoms with Crippen LogP contribution in [0.2, 0.25) is 0 Å². The Balaban J connectivity index is 2.21. The molecule has 0 saturated heterocycles. The van der Waals surface area contributed by atoms with Crippen molar-refractivity contribution in [1.29, 1.82) is 0 Å². The third-order valence-electron chi connectivity index (χ3n) is 2.65. The standard InChI is InChI=1S/C12H15N3O/c1-3-10-4-6-11(7-5-10)8-15-12(16)14(2)9-13-15/h4-7,9H,3,8H2,1-2H3. The Labute approximate surface area is 94.1 Å². The molecule has 4 nitrogen and oxygen atoms in total. The lowest BCUT2D eigenvalue weighted by Gasteiger charge is -2.01. The van der Waals surface area contributed by atoms with Gasteiger partial charge >= 0.3 is 5.69 Å². The highest BCUT2D eigenvalue weighted by Crippen LogP contribution is 2.05. The molecule has 2 rings (SSSR count). The zero-order chi connectivity index (χ0) is 11.5. The smallest absolute Gasteiger partial charge is 0.285 e. The van der Waals surface area contributed by atoms with Gasteiger partial charge in [-0.3, -0.25) is 4.57 Å². The molecule has 0 amide bonds. The third-order valence-corrected chi connectivity index (χ3v) is 2.65. The fourth-order valence-electron chi connectivity index (χ4n) is 1.58. The molecule has 1 aromatic heterocycles. The van der Waals surface area contributed by atoms with Crippen molar-refractivity contribution >= 4 is 0 Å². The van der Waals surface area contributed by atoms with Crippen molar-refractivity contribution in [2.24, 2.45) is 7.05 Å². The zero-order valence-electron chi connectivity index (χ0n) is 9.55. The van der Waals surface area contributed by atoms with Crippen LogP contribution in [0.25, 0.3) is 0 Å². The predicted octanol–water partition coefficient (Wildman–Crippen LogP) is 1.19. The fraction of sp³-hybridized carbons (Fsp3) is 0.333. The maximum absolute atomic E-state index is 11.6. The minimum atomic E-state index is -0.0837. The van der Waals surface area contributed by atoms with E-state index in [0.717, 1.165) is 12.0 Å². The molecule has 0 saturated carbocycles. The molecule has 0 spiro atoms. The van der Waals surface area contributed by atoms with Crippen LogP contribution in [0.15, 0.2) is 35.4 Å². The summed E-state index contributed by atoms with van der Waals surface area (Å²) >= 11 is 0. The van der Waals surface area contributed by atoms with E-state index in [1.807, 2.05) is 12.1 Å². The van der Waals surface area contributed by atoms with Gasteiger partial charge in [0.1, 0.15) is 6.33 Å². The number of aromatic nitrogens is 3. The van der Waals surface area contributed by atoms with E-state index in [-0.39, 0.29) is 5.69 Å². The quantitative estimate of drug-likeness (QED) is 0.774. The van der Waals surface area contributed by atoms with Crippen LogP contribution >= 0.6 is 0 Å². The second kappa shape index (κ2) is 4.35. The molecular weight excluding hydrogens is 202 g/mol. The molecular formula is C12H15N3O. The summed E-state index contributed by atoms with van der Waals surface area (Å²) in [5, 5.41) is 4.02. The molecule has 0 fully saturated rings. The van der Waals surface area contributed by atoms with Crippen LogP contribution in [0, 0.1) is 0 Å². The summed E-state index contributed by atoms with van der Waals surface area (Å²) in [4.78, 5) is 11.6. The average Bonchev–Trinajstić information content (AvgIpc) is 2.62. The maximum atomic E-state index is 11.6. The van der Waals surface area contributed by atoms with Crippen molar-refractivity contribution in [1.82, 2.24) is 14.3 Å². The lowest BCUT2D eigenvalue weighted by Crippen LogP contribution is -2.23. The molecule has 1 aromatic carbocycles. The van der Waals surface area contributed by atoms with Crippen LogP contribution in [0.4, 0.5) is 0 Å². The molecule has 0 aliphatic rings. The van der Waals surface area contributed by atoms with Gasteiger partial charge in [0, 0.05) is 7.05 Å². The normalized spacial score (nSPS) is 10.6. The molecule has 16 heavy (non-hydrogen) atoms. The number of benzene rings is 1. The molecule has 4 heteroatoms. The summed E-state index contributed by atoms with van der Waals surface area (Å²) in [5.41, 5.74) is 2.31. The summed E-state index contributed by atoms with van der Waals surface area (Å²) in [6.45, 7) is 2.65. The van der Waals surface area contributed by atoms with E-state index in [1.165, 1.54) is 21.1 Å². The largest absolute Gasteiger partial charge is 0.345 e. The topological polar surface area (TPSA) is 39.8 Å². The first-order valence-corrected chi connectivity index (χ1v) is 5.37. The second-order valence-electron chi connectivity index (χ2n) is 3.85. The van der Waals surface area contributed by atoms with Gasteiger partial charge in [-0.2, -0.15) is 5.10 Å². The third kappa shape index (κ3) is 2.05. The first-order valence-electron chi connectivity index (χ1n) is 5.37. The Morgan fingerprint density at radius 2 is 1.81 bits per heavy atom. The van der Waals surface area contributed by atoms with Crippen molar-refractivity contribution in [2.45, 2.75) is 19.9 Å². The molecule has 0 atom stereocenters.